The number of rotatable bonds is 4. The van der Waals surface area contributed by atoms with Crippen molar-refractivity contribution in [1.82, 2.24) is 0 Å². The first-order valence-electron chi connectivity index (χ1n) is 7.19. The molecular formula is C16H10BrF5O3S. The molecule has 0 N–H and O–H groups in total. The van der Waals surface area contributed by atoms with E-state index in [-0.39, 0.29) is 27.1 Å². The zero-order valence-electron chi connectivity index (χ0n) is 12.8. The van der Waals surface area contributed by atoms with E-state index in [1.165, 1.54) is 12.1 Å². The highest BCUT2D eigenvalue weighted by Crippen LogP contribution is 2.44. The number of benzene rings is 2. The molecule has 0 amide bonds. The van der Waals surface area contributed by atoms with Gasteiger partial charge in [-0.25, -0.2) is 21.6 Å². The number of sulfone groups is 1. The summed E-state index contributed by atoms with van der Waals surface area (Å²) in [4.78, 5) is -0.827. The second-order valence-corrected chi connectivity index (χ2v) is 8.45. The molecule has 0 saturated heterocycles. The number of hydrogen-bond donors (Lipinski definition) is 0. The minimum atomic E-state index is -5.03. The van der Waals surface area contributed by atoms with E-state index in [1.807, 2.05) is 0 Å². The SMILES string of the molecule is O=S(=O)(c1ccc(Oc2ccc(F)c(Br)c2)c2c1CC(F)(F)C2)C(F)F. The van der Waals surface area contributed by atoms with Gasteiger partial charge in [0.1, 0.15) is 17.3 Å². The van der Waals surface area contributed by atoms with Crippen molar-refractivity contribution in [2.45, 2.75) is 29.4 Å². The van der Waals surface area contributed by atoms with Crippen molar-refractivity contribution >= 4 is 25.8 Å². The van der Waals surface area contributed by atoms with Crippen LogP contribution in [0.15, 0.2) is 39.7 Å². The van der Waals surface area contributed by atoms with Gasteiger partial charge in [0, 0.05) is 18.4 Å². The molecule has 2 aromatic rings. The van der Waals surface area contributed by atoms with E-state index in [4.69, 9.17) is 4.74 Å². The lowest BCUT2D eigenvalue weighted by Gasteiger charge is -2.14. The van der Waals surface area contributed by atoms with E-state index in [1.54, 1.807) is 0 Å². The van der Waals surface area contributed by atoms with Gasteiger partial charge in [0.2, 0.25) is 9.84 Å². The van der Waals surface area contributed by atoms with Crippen molar-refractivity contribution in [1.29, 1.82) is 0 Å². The lowest BCUT2D eigenvalue weighted by atomic mass is 10.1. The van der Waals surface area contributed by atoms with Crippen LogP contribution in [-0.2, 0) is 22.7 Å². The summed E-state index contributed by atoms with van der Waals surface area (Å²) in [6, 6.07) is 5.48. The molecule has 26 heavy (non-hydrogen) atoms. The molecule has 0 atom stereocenters. The molecule has 10 heteroatoms. The Morgan fingerprint density at radius 1 is 1.08 bits per heavy atom. The predicted molar refractivity (Wildman–Crippen MR) is 86.2 cm³/mol. The van der Waals surface area contributed by atoms with Crippen LogP contribution in [0, 0.1) is 5.82 Å². The molecule has 0 saturated carbocycles. The summed E-state index contributed by atoms with van der Waals surface area (Å²) in [5, 5.41) is 0. The normalized spacial score (nSPS) is 16.0. The third kappa shape index (κ3) is 3.44. The fourth-order valence-corrected chi connectivity index (χ4v) is 4.09. The fraction of sp³-hybridized carbons (Fsp3) is 0.250. The Morgan fingerprint density at radius 3 is 2.35 bits per heavy atom. The van der Waals surface area contributed by atoms with Crippen LogP contribution >= 0.6 is 15.9 Å². The Labute approximate surface area is 153 Å². The molecule has 0 heterocycles. The summed E-state index contributed by atoms with van der Waals surface area (Å²) in [6.45, 7) is 0. The molecule has 0 fully saturated rings. The van der Waals surface area contributed by atoms with Gasteiger partial charge in [-0.2, -0.15) is 8.78 Å². The Balaban J connectivity index is 2.09. The van der Waals surface area contributed by atoms with E-state index >= 15 is 0 Å². The number of ether oxygens (including phenoxy) is 1. The third-order valence-corrected chi connectivity index (χ3v) is 5.95. The predicted octanol–water partition coefficient (Wildman–Crippen LogP) is 5.11. The molecule has 0 unspecified atom stereocenters. The van der Waals surface area contributed by atoms with Gasteiger partial charge in [-0.1, -0.05) is 0 Å². The van der Waals surface area contributed by atoms with Gasteiger partial charge in [-0.3, -0.25) is 0 Å². The zero-order chi connectivity index (χ0) is 19.3. The molecule has 0 radical (unpaired) electrons. The van der Waals surface area contributed by atoms with Gasteiger partial charge in [0.05, 0.1) is 9.37 Å². The molecule has 3 nitrogen and oxygen atoms in total. The first-order valence-corrected chi connectivity index (χ1v) is 9.53. The van der Waals surface area contributed by atoms with E-state index in [0.29, 0.717) is 0 Å². The number of hydrogen-bond acceptors (Lipinski definition) is 3. The van der Waals surface area contributed by atoms with Crippen LogP contribution in [0.5, 0.6) is 11.5 Å². The molecule has 1 aliphatic carbocycles. The summed E-state index contributed by atoms with van der Waals surface area (Å²) in [6.07, 6.45) is -1.82. The first-order chi connectivity index (χ1) is 12.0. The average Bonchev–Trinajstić information content (AvgIpc) is 2.86. The Bertz CT molecular complexity index is 976. The largest absolute Gasteiger partial charge is 0.457 e. The van der Waals surface area contributed by atoms with Crippen LogP contribution in [0.25, 0.3) is 0 Å². The molecule has 0 aromatic heterocycles. The number of fused-ring (bicyclic) bond motifs is 1. The fourth-order valence-electron chi connectivity index (χ4n) is 2.74. The second kappa shape index (κ2) is 6.49. The van der Waals surface area contributed by atoms with Crippen LogP contribution in [-0.4, -0.2) is 20.1 Å². The highest BCUT2D eigenvalue weighted by atomic mass is 79.9. The number of halogens is 6. The Morgan fingerprint density at radius 2 is 1.73 bits per heavy atom. The molecule has 0 spiro atoms. The lowest BCUT2D eigenvalue weighted by molar-refractivity contribution is 0.0125. The summed E-state index contributed by atoms with van der Waals surface area (Å²) in [5.74, 6) is -7.55. The van der Waals surface area contributed by atoms with E-state index in [0.717, 1.165) is 18.2 Å². The third-order valence-electron chi connectivity index (χ3n) is 3.88. The van der Waals surface area contributed by atoms with Gasteiger partial charge in [0.25, 0.3) is 5.92 Å². The van der Waals surface area contributed by atoms with Crippen molar-refractivity contribution in [3.63, 3.8) is 0 Å². The maximum Gasteiger partial charge on any atom is 0.341 e. The molecule has 140 valence electrons. The molecular weight excluding hydrogens is 447 g/mol. The topological polar surface area (TPSA) is 43.4 Å². The molecule has 0 aliphatic heterocycles. The lowest BCUT2D eigenvalue weighted by Crippen LogP contribution is -2.17. The molecule has 0 bridgehead atoms. The van der Waals surface area contributed by atoms with Crippen molar-refractivity contribution < 1.29 is 35.1 Å². The van der Waals surface area contributed by atoms with Crippen LogP contribution in [0.2, 0.25) is 0 Å². The van der Waals surface area contributed by atoms with Crippen molar-refractivity contribution in [3.05, 3.63) is 51.7 Å². The van der Waals surface area contributed by atoms with Gasteiger partial charge >= 0.3 is 5.76 Å². The van der Waals surface area contributed by atoms with E-state index in [2.05, 4.69) is 15.9 Å². The zero-order valence-corrected chi connectivity index (χ0v) is 15.2. The number of alkyl halides is 4. The standard InChI is InChI=1S/C16H10BrF5O3S/c17-11-5-8(1-2-12(11)18)25-13-3-4-14(26(23,24)15(19)20)10-7-16(21,22)6-9(10)13/h1-5,15H,6-7H2. The summed E-state index contributed by atoms with van der Waals surface area (Å²) in [5.41, 5.74) is -0.536. The van der Waals surface area contributed by atoms with Crippen molar-refractivity contribution in [2.75, 3.05) is 0 Å². The average molecular weight is 457 g/mol. The van der Waals surface area contributed by atoms with Crippen molar-refractivity contribution in [2.24, 2.45) is 0 Å². The van der Waals surface area contributed by atoms with Gasteiger partial charge in [-0.15, -0.1) is 0 Å². The van der Waals surface area contributed by atoms with Crippen LogP contribution < -0.4 is 4.74 Å². The van der Waals surface area contributed by atoms with Crippen LogP contribution in [0.3, 0.4) is 0 Å². The monoisotopic (exact) mass is 456 g/mol. The smallest absolute Gasteiger partial charge is 0.341 e. The Hall–Kier alpha value is -1.68. The highest BCUT2D eigenvalue weighted by molar-refractivity contribution is 9.10. The first kappa shape index (κ1) is 19.1. The summed E-state index contributed by atoms with van der Waals surface area (Å²) in [7, 11) is -5.03. The van der Waals surface area contributed by atoms with Gasteiger partial charge in [-0.05, 0) is 51.8 Å². The maximum atomic E-state index is 13.8. The summed E-state index contributed by atoms with van der Waals surface area (Å²) >= 11 is 2.96. The van der Waals surface area contributed by atoms with Crippen LogP contribution in [0.4, 0.5) is 22.0 Å². The van der Waals surface area contributed by atoms with E-state index in [9.17, 15) is 30.4 Å². The highest BCUT2D eigenvalue weighted by Gasteiger charge is 2.43. The molecule has 3 rings (SSSR count). The van der Waals surface area contributed by atoms with Crippen LogP contribution in [0.1, 0.15) is 11.1 Å². The Kier molecular flexibility index (Phi) is 4.76. The quantitative estimate of drug-likeness (QED) is 0.600. The second-order valence-electron chi connectivity index (χ2n) is 5.71. The molecule has 2 aromatic carbocycles. The van der Waals surface area contributed by atoms with E-state index < -0.39 is 45.1 Å². The summed E-state index contributed by atoms with van der Waals surface area (Å²) < 4.78 is 95.7. The van der Waals surface area contributed by atoms with Crippen molar-refractivity contribution in [3.8, 4) is 11.5 Å². The van der Waals surface area contributed by atoms with Gasteiger partial charge < -0.3 is 4.74 Å². The molecule has 1 aliphatic rings. The minimum absolute atomic E-state index is 0.0777. The minimum Gasteiger partial charge on any atom is -0.457 e. The maximum absolute atomic E-state index is 13.8. The van der Waals surface area contributed by atoms with Gasteiger partial charge in [0.15, 0.2) is 0 Å².